The van der Waals surface area contributed by atoms with Gasteiger partial charge in [-0.15, -0.1) is 5.10 Å². The summed E-state index contributed by atoms with van der Waals surface area (Å²) in [5.41, 5.74) is 0.917. The smallest absolute Gasteiger partial charge is 0.396 e. The van der Waals surface area contributed by atoms with Gasteiger partial charge in [0.25, 0.3) is 5.91 Å². The standard InChI is InChI=1S/C26H25F5N4O3/c1-15-4-5-18(33-25(37)17-11-23(26(29,30)31)34-32-13-17)12-20(15)16-9-21(27)19(3-2-7-36)22(10-16)35-6-8-38-14-24(35)28/h4-5,9-13,24,36H,2-3,6-8,14H2,1H3,(H,33,37)/t24-/m1/s1. The van der Waals surface area contributed by atoms with Crippen molar-refractivity contribution in [1.29, 1.82) is 0 Å². The molecule has 2 N–H and O–H groups in total. The highest BCUT2D eigenvalue weighted by Gasteiger charge is 2.34. The van der Waals surface area contributed by atoms with Gasteiger partial charge in [0.2, 0.25) is 0 Å². The van der Waals surface area contributed by atoms with Crippen molar-refractivity contribution in [2.75, 3.05) is 36.6 Å². The molecular weight excluding hydrogens is 511 g/mol. The van der Waals surface area contributed by atoms with Crippen molar-refractivity contribution in [3.63, 3.8) is 0 Å². The fraction of sp³-hybridized carbons (Fsp3) is 0.346. The lowest BCUT2D eigenvalue weighted by Crippen LogP contribution is -2.43. The maximum atomic E-state index is 15.4. The highest BCUT2D eigenvalue weighted by atomic mass is 19.4. The third kappa shape index (κ3) is 6.08. The van der Waals surface area contributed by atoms with E-state index in [2.05, 4.69) is 15.5 Å². The van der Waals surface area contributed by atoms with Gasteiger partial charge in [0.05, 0.1) is 25.0 Å². The van der Waals surface area contributed by atoms with Gasteiger partial charge in [0.1, 0.15) is 5.82 Å². The second-order valence-electron chi connectivity index (χ2n) is 8.80. The summed E-state index contributed by atoms with van der Waals surface area (Å²) in [4.78, 5) is 14.1. The normalized spacial score (nSPS) is 16.0. The van der Waals surface area contributed by atoms with E-state index in [9.17, 15) is 27.5 Å². The molecule has 0 aliphatic carbocycles. The zero-order chi connectivity index (χ0) is 27.4. The molecule has 3 aromatic rings. The number of aliphatic hydroxyl groups excluding tert-OH is 1. The predicted molar refractivity (Wildman–Crippen MR) is 130 cm³/mol. The summed E-state index contributed by atoms with van der Waals surface area (Å²) in [6, 6.07) is 8.35. The number of aromatic nitrogens is 2. The lowest BCUT2D eigenvalue weighted by molar-refractivity contribution is -0.141. The Balaban J connectivity index is 1.69. The van der Waals surface area contributed by atoms with Crippen LogP contribution in [0, 0.1) is 12.7 Å². The number of nitrogens with zero attached hydrogens (tertiary/aromatic N) is 3. The van der Waals surface area contributed by atoms with Crippen LogP contribution in [0.15, 0.2) is 42.6 Å². The Hall–Kier alpha value is -3.64. The molecule has 7 nitrogen and oxygen atoms in total. The number of hydrogen-bond acceptors (Lipinski definition) is 6. The summed E-state index contributed by atoms with van der Waals surface area (Å²) in [6.07, 6.45) is -4.82. The Morgan fingerprint density at radius 3 is 2.74 bits per heavy atom. The molecule has 12 heteroatoms. The van der Waals surface area contributed by atoms with Gasteiger partial charge in [-0.05, 0) is 66.8 Å². The van der Waals surface area contributed by atoms with E-state index in [0.29, 0.717) is 29.3 Å². The number of nitrogens with one attached hydrogen (secondary N) is 1. The van der Waals surface area contributed by atoms with Crippen molar-refractivity contribution in [3.8, 4) is 11.1 Å². The highest BCUT2D eigenvalue weighted by molar-refractivity contribution is 6.04. The van der Waals surface area contributed by atoms with E-state index >= 15 is 4.39 Å². The Labute approximate surface area is 215 Å². The number of alkyl halides is 4. The van der Waals surface area contributed by atoms with Gasteiger partial charge in [-0.2, -0.15) is 18.3 Å². The molecule has 38 heavy (non-hydrogen) atoms. The average molecular weight is 537 g/mol. The molecule has 0 saturated carbocycles. The third-order valence-corrected chi connectivity index (χ3v) is 6.15. The van der Waals surface area contributed by atoms with Gasteiger partial charge in [-0.3, -0.25) is 4.79 Å². The molecule has 4 rings (SSSR count). The zero-order valence-corrected chi connectivity index (χ0v) is 20.4. The van der Waals surface area contributed by atoms with Gasteiger partial charge in [-0.1, -0.05) is 6.07 Å². The number of carbonyl (C=O) groups is 1. The van der Waals surface area contributed by atoms with Crippen LogP contribution in [0.1, 0.15) is 33.6 Å². The lowest BCUT2D eigenvalue weighted by atomic mass is 9.95. The van der Waals surface area contributed by atoms with Crippen LogP contribution < -0.4 is 10.2 Å². The molecule has 202 valence electrons. The Kier molecular flexibility index (Phi) is 8.22. The van der Waals surface area contributed by atoms with Crippen molar-refractivity contribution in [2.45, 2.75) is 32.2 Å². The SMILES string of the molecule is Cc1ccc(NC(=O)c2cnnc(C(F)(F)F)c2)cc1-c1cc(F)c(CCCO)c(N2CCOC[C@@H]2F)c1. The molecule has 2 aromatic carbocycles. The van der Waals surface area contributed by atoms with E-state index in [1.807, 2.05) is 0 Å². The molecule has 0 spiro atoms. The largest absolute Gasteiger partial charge is 0.435 e. The average Bonchev–Trinajstić information content (AvgIpc) is 2.88. The van der Waals surface area contributed by atoms with Crippen LogP contribution in [0.3, 0.4) is 0 Å². The zero-order valence-electron chi connectivity index (χ0n) is 20.4. The van der Waals surface area contributed by atoms with E-state index in [1.165, 1.54) is 11.0 Å². The third-order valence-electron chi connectivity index (χ3n) is 6.15. The number of hydrogen-bond donors (Lipinski definition) is 2. The molecule has 1 saturated heterocycles. The van der Waals surface area contributed by atoms with Crippen molar-refractivity contribution in [1.82, 2.24) is 10.2 Å². The van der Waals surface area contributed by atoms with Crippen LogP contribution in [0.2, 0.25) is 0 Å². The van der Waals surface area contributed by atoms with Crippen molar-refractivity contribution < 1.29 is 36.6 Å². The van der Waals surface area contributed by atoms with Crippen LogP contribution >= 0.6 is 0 Å². The summed E-state index contributed by atoms with van der Waals surface area (Å²) in [7, 11) is 0. The molecule has 0 unspecified atom stereocenters. The van der Waals surface area contributed by atoms with Crippen molar-refractivity contribution >= 4 is 17.3 Å². The van der Waals surface area contributed by atoms with Gasteiger partial charge >= 0.3 is 6.18 Å². The first-order valence-corrected chi connectivity index (χ1v) is 11.8. The number of carbonyl (C=O) groups excluding carboxylic acids is 1. The molecule has 2 heterocycles. The first-order chi connectivity index (χ1) is 18.1. The number of benzene rings is 2. The van der Waals surface area contributed by atoms with Gasteiger partial charge in [0.15, 0.2) is 12.0 Å². The summed E-state index contributed by atoms with van der Waals surface area (Å²) in [5, 5.41) is 18.1. The number of morpholine rings is 1. The van der Waals surface area contributed by atoms with Crippen LogP contribution in [-0.2, 0) is 17.3 Å². The predicted octanol–water partition coefficient (Wildman–Crippen LogP) is 4.92. The van der Waals surface area contributed by atoms with Crippen LogP contribution in [0.4, 0.5) is 33.3 Å². The minimum absolute atomic E-state index is 0.152. The Morgan fingerprint density at radius 2 is 2.03 bits per heavy atom. The van der Waals surface area contributed by atoms with Crippen LogP contribution in [0.25, 0.3) is 11.1 Å². The van der Waals surface area contributed by atoms with Crippen LogP contribution in [0.5, 0.6) is 0 Å². The maximum absolute atomic E-state index is 15.4. The number of ether oxygens (including phenoxy) is 1. The Bertz CT molecular complexity index is 1320. The minimum Gasteiger partial charge on any atom is -0.396 e. The van der Waals surface area contributed by atoms with E-state index in [1.54, 1.807) is 31.2 Å². The van der Waals surface area contributed by atoms with Gasteiger partial charge in [-0.25, -0.2) is 8.78 Å². The van der Waals surface area contributed by atoms with E-state index in [0.717, 1.165) is 11.8 Å². The molecule has 1 amide bonds. The van der Waals surface area contributed by atoms with Crippen LogP contribution in [-0.4, -0.2) is 53.9 Å². The molecule has 1 aliphatic rings. The van der Waals surface area contributed by atoms with Gasteiger partial charge in [0, 0.05) is 30.1 Å². The fourth-order valence-electron chi connectivity index (χ4n) is 4.23. The first kappa shape index (κ1) is 27.4. The summed E-state index contributed by atoms with van der Waals surface area (Å²) >= 11 is 0. The Morgan fingerprint density at radius 1 is 1.24 bits per heavy atom. The molecule has 1 fully saturated rings. The number of amides is 1. The second-order valence-corrected chi connectivity index (χ2v) is 8.80. The number of aryl methyl sites for hydroxylation is 1. The molecule has 0 radical (unpaired) electrons. The van der Waals surface area contributed by atoms with E-state index in [4.69, 9.17) is 4.74 Å². The topological polar surface area (TPSA) is 87.6 Å². The molecule has 0 bridgehead atoms. The summed E-state index contributed by atoms with van der Waals surface area (Å²) in [6.45, 7) is 1.94. The lowest BCUT2D eigenvalue weighted by Gasteiger charge is -2.34. The monoisotopic (exact) mass is 536 g/mol. The first-order valence-electron chi connectivity index (χ1n) is 11.8. The van der Waals surface area contributed by atoms with Gasteiger partial charge < -0.3 is 20.1 Å². The van der Waals surface area contributed by atoms with E-state index < -0.39 is 29.9 Å². The number of anilines is 2. The number of aliphatic hydroxyl groups is 1. The number of halogens is 5. The van der Waals surface area contributed by atoms with Crippen molar-refractivity contribution in [2.24, 2.45) is 0 Å². The second kappa shape index (κ2) is 11.4. The quantitative estimate of drug-likeness (QED) is 0.329. The van der Waals surface area contributed by atoms with E-state index in [-0.39, 0.29) is 49.6 Å². The highest BCUT2D eigenvalue weighted by Crippen LogP contribution is 2.36. The molecule has 1 atom stereocenters. The maximum Gasteiger partial charge on any atom is 0.435 e. The van der Waals surface area contributed by atoms with Crippen molar-refractivity contribution in [3.05, 3.63) is 70.8 Å². The number of rotatable bonds is 7. The molecule has 1 aliphatic heterocycles. The molecular formula is C26H25F5N4O3. The summed E-state index contributed by atoms with van der Waals surface area (Å²) in [5.74, 6) is -1.40. The minimum atomic E-state index is -4.76. The molecule has 1 aromatic heterocycles. The fourth-order valence-corrected chi connectivity index (χ4v) is 4.23. The summed E-state index contributed by atoms with van der Waals surface area (Å²) < 4.78 is 74.1.